The van der Waals surface area contributed by atoms with Crippen molar-refractivity contribution >= 4 is 55.1 Å². The maximum absolute atomic E-state index is 14.5. The van der Waals surface area contributed by atoms with Crippen LogP contribution < -0.4 is 9.62 Å². The summed E-state index contributed by atoms with van der Waals surface area (Å²) in [4.78, 5) is 29.7. The standard InChI is InChI=1S/C34H35BrClN3O4S/c1-2-3-21-37-34(41)32(22-26-13-6-4-7-14-26)38(24-27-15-10-11-20-31(27)36)33(40)25-39(29-17-12-16-28(35)23-29)44(42,43)30-18-8-5-9-19-30/h4-20,23,32H,2-3,21-22,24-25H2,1H3,(H,37,41)/t32-/m0/s1. The van der Waals surface area contributed by atoms with Crippen molar-refractivity contribution in [2.45, 2.75) is 43.7 Å². The minimum absolute atomic E-state index is 0.00884. The second-order valence-electron chi connectivity index (χ2n) is 10.3. The van der Waals surface area contributed by atoms with Crippen molar-refractivity contribution in [3.63, 3.8) is 0 Å². The molecule has 10 heteroatoms. The number of sulfonamides is 1. The quantitative estimate of drug-likeness (QED) is 0.146. The van der Waals surface area contributed by atoms with Gasteiger partial charge in [-0.2, -0.15) is 0 Å². The lowest BCUT2D eigenvalue weighted by Crippen LogP contribution is -2.53. The molecule has 4 rings (SSSR count). The molecule has 0 bridgehead atoms. The summed E-state index contributed by atoms with van der Waals surface area (Å²) in [6, 6.07) is 30.4. The third-order valence-electron chi connectivity index (χ3n) is 7.11. The smallest absolute Gasteiger partial charge is 0.264 e. The number of halogens is 2. The lowest BCUT2D eigenvalue weighted by atomic mass is 10.0. The van der Waals surface area contributed by atoms with Crippen molar-refractivity contribution in [1.29, 1.82) is 0 Å². The Balaban J connectivity index is 1.79. The largest absolute Gasteiger partial charge is 0.354 e. The van der Waals surface area contributed by atoms with Gasteiger partial charge in [0.1, 0.15) is 12.6 Å². The monoisotopic (exact) mass is 695 g/mol. The van der Waals surface area contributed by atoms with E-state index in [-0.39, 0.29) is 23.8 Å². The fourth-order valence-corrected chi connectivity index (χ4v) is 6.76. The maximum atomic E-state index is 14.5. The SMILES string of the molecule is CCCCNC(=O)[C@H](Cc1ccccc1)N(Cc1ccccc1Cl)C(=O)CN(c1cccc(Br)c1)S(=O)(=O)c1ccccc1. The van der Waals surface area contributed by atoms with Crippen LogP contribution >= 0.6 is 27.5 Å². The average molecular weight is 697 g/mol. The van der Waals surface area contributed by atoms with E-state index in [1.54, 1.807) is 60.7 Å². The molecule has 7 nitrogen and oxygen atoms in total. The van der Waals surface area contributed by atoms with Gasteiger partial charge in [0, 0.05) is 29.0 Å². The van der Waals surface area contributed by atoms with E-state index in [4.69, 9.17) is 11.6 Å². The van der Waals surface area contributed by atoms with Crippen LogP contribution in [-0.4, -0.2) is 44.3 Å². The minimum atomic E-state index is -4.16. The second-order valence-corrected chi connectivity index (χ2v) is 13.5. The molecule has 230 valence electrons. The van der Waals surface area contributed by atoms with Crippen LogP contribution in [0.5, 0.6) is 0 Å². The molecule has 0 aromatic heterocycles. The number of rotatable bonds is 14. The van der Waals surface area contributed by atoms with Gasteiger partial charge in [0.2, 0.25) is 11.8 Å². The van der Waals surface area contributed by atoms with E-state index in [9.17, 15) is 18.0 Å². The Bertz CT molecular complexity index is 1660. The van der Waals surface area contributed by atoms with Crippen LogP contribution in [-0.2, 0) is 32.6 Å². The first-order chi connectivity index (χ1) is 21.2. The molecule has 0 aliphatic heterocycles. The zero-order valence-corrected chi connectivity index (χ0v) is 27.6. The fraction of sp³-hybridized carbons (Fsp3) is 0.235. The third kappa shape index (κ3) is 8.71. The van der Waals surface area contributed by atoms with Gasteiger partial charge in [0.25, 0.3) is 10.0 Å². The van der Waals surface area contributed by atoms with Gasteiger partial charge in [-0.15, -0.1) is 0 Å². The Morgan fingerprint density at radius 1 is 0.886 bits per heavy atom. The van der Waals surface area contributed by atoms with Crippen LogP contribution in [0.4, 0.5) is 5.69 Å². The van der Waals surface area contributed by atoms with Gasteiger partial charge in [0.05, 0.1) is 10.6 Å². The van der Waals surface area contributed by atoms with Crippen molar-refractivity contribution in [3.8, 4) is 0 Å². The van der Waals surface area contributed by atoms with Gasteiger partial charge in [-0.1, -0.05) is 114 Å². The van der Waals surface area contributed by atoms with Crippen molar-refractivity contribution in [1.82, 2.24) is 10.2 Å². The van der Waals surface area contributed by atoms with Crippen molar-refractivity contribution in [2.75, 3.05) is 17.4 Å². The molecule has 1 N–H and O–H groups in total. The van der Waals surface area contributed by atoms with Crippen LogP contribution in [0.15, 0.2) is 119 Å². The van der Waals surface area contributed by atoms with E-state index in [1.165, 1.54) is 17.0 Å². The van der Waals surface area contributed by atoms with Gasteiger partial charge < -0.3 is 10.2 Å². The molecule has 1 atom stereocenters. The lowest BCUT2D eigenvalue weighted by Gasteiger charge is -2.34. The van der Waals surface area contributed by atoms with E-state index in [1.807, 2.05) is 43.3 Å². The molecule has 0 aliphatic carbocycles. The summed E-state index contributed by atoms with van der Waals surface area (Å²) < 4.78 is 29.8. The minimum Gasteiger partial charge on any atom is -0.354 e. The van der Waals surface area contributed by atoms with Crippen LogP contribution in [0, 0.1) is 0 Å². The first-order valence-electron chi connectivity index (χ1n) is 14.4. The predicted molar refractivity (Wildman–Crippen MR) is 179 cm³/mol. The Morgan fingerprint density at radius 3 is 2.20 bits per heavy atom. The number of carbonyl (C=O) groups excluding carboxylic acids is 2. The zero-order chi connectivity index (χ0) is 31.5. The summed E-state index contributed by atoms with van der Waals surface area (Å²) in [5, 5.41) is 3.43. The normalized spacial score (nSPS) is 11.9. The highest BCUT2D eigenvalue weighted by Crippen LogP contribution is 2.28. The highest BCUT2D eigenvalue weighted by atomic mass is 79.9. The molecule has 0 fully saturated rings. The molecule has 0 aliphatic rings. The number of carbonyl (C=O) groups is 2. The molecule has 0 saturated carbocycles. The van der Waals surface area contributed by atoms with E-state index < -0.39 is 28.5 Å². The van der Waals surface area contributed by atoms with Gasteiger partial charge in [-0.05, 0) is 53.9 Å². The Morgan fingerprint density at radius 2 is 1.55 bits per heavy atom. The van der Waals surface area contributed by atoms with Crippen LogP contribution in [0.1, 0.15) is 30.9 Å². The summed E-state index contributed by atoms with van der Waals surface area (Å²) in [5.74, 6) is -0.862. The first kappa shape index (κ1) is 33.2. The molecule has 44 heavy (non-hydrogen) atoms. The van der Waals surface area contributed by atoms with Gasteiger partial charge in [-0.25, -0.2) is 8.42 Å². The van der Waals surface area contributed by atoms with Gasteiger partial charge >= 0.3 is 0 Å². The molecule has 0 unspecified atom stereocenters. The Hall–Kier alpha value is -3.66. The predicted octanol–water partition coefficient (Wildman–Crippen LogP) is 6.85. The number of unbranched alkanes of at least 4 members (excludes halogenated alkanes) is 1. The Kier molecular flexibility index (Phi) is 12.0. The third-order valence-corrected chi connectivity index (χ3v) is 9.76. The van der Waals surface area contributed by atoms with Crippen LogP contribution in [0.2, 0.25) is 5.02 Å². The van der Waals surface area contributed by atoms with Crippen LogP contribution in [0.3, 0.4) is 0 Å². The number of nitrogens with zero attached hydrogens (tertiary/aromatic N) is 2. The summed E-state index contributed by atoms with van der Waals surface area (Å²) in [7, 11) is -4.16. The van der Waals surface area contributed by atoms with E-state index in [0.29, 0.717) is 27.3 Å². The van der Waals surface area contributed by atoms with E-state index >= 15 is 0 Å². The molecule has 0 saturated heterocycles. The first-order valence-corrected chi connectivity index (χ1v) is 17.0. The van der Waals surface area contributed by atoms with E-state index in [0.717, 1.165) is 22.7 Å². The molecule has 4 aromatic carbocycles. The fourth-order valence-electron chi connectivity index (χ4n) is 4.75. The molecule has 2 amide bonds. The topological polar surface area (TPSA) is 86.8 Å². The summed E-state index contributed by atoms with van der Waals surface area (Å²) in [6.07, 6.45) is 1.91. The summed E-state index contributed by atoms with van der Waals surface area (Å²) >= 11 is 9.97. The number of benzene rings is 4. The molecule has 0 radical (unpaired) electrons. The number of hydrogen-bond donors (Lipinski definition) is 1. The molecule has 0 spiro atoms. The highest BCUT2D eigenvalue weighted by Gasteiger charge is 2.34. The second kappa shape index (κ2) is 15.9. The van der Waals surface area contributed by atoms with Crippen molar-refractivity contribution in [3.05, 3.63) is 130 Å². The lowest BCUT2D eigenvalue weighted by molar-refractivity contribution is -0.140. The van der Waals surface area contributed by atoms with Crippen LogP contribution in [0.25, 0.3) is 0 Å². The summed E-state index contributed by atoms with van der Waals surface area (Å²) in [5.41, 5.74) is 1.81. The van der Waals surface area contributed by atoms with Crippen molar-refractivity contribution in [2.24, 2.45) is 0 Å². The number of nitrogens with one attached hydrogen (secondary N) is 1. The Labute approximate surface area is 273 Å². The molecule has 4 aromatic rings. The number of anilines is 1. The zero-order valence-electron chi connectivity index (χ0n) is 24.4. The molecule has 0 heterocycles. The van der Waals surface area contributed by atoms with Crippen molar-refractivity contribution < 1.29 is 18.0 Å². The van der Waals surface area contributed by atoms with E-state index in [2.05, 4.69) is 21.2 Å². The highest BCUT2D eigenvalue weighted by molar-refractivity contribution is 9.10. The summed E-state index contributed by atoms with van der Waals surface area (Å²) in [6.45, 7) is 1.96. The maximum Gasteiger partial charge on any atom is 0.264 e. The molecular formula is C34H35BrClN3O4S. The number of hydrogen-bond acceptors (Lipinski definition) is 4. The van der Waals surface area contributed by atoms with Gasteiger partial charge in [0.15, 0.2) is 0 Å². The number of amides is 2. The molecular weight excluding hydrogens is 662 g/mol. The van der Waals surface area contributed by atoms with Gasteiger partial charge in [-0.3, -0.25) is 13.9 Å². The average Bonchev–Trinajstić information content (AvgIpc) is 3.03.